The van der Waals surface area contributed by atoms with Crippen molar-refractivity contribution in [2.45, 2.75) is 19.9 Å². The van der Waals surface area contributed by atoms with Gasteiger partial charge in [-0.25, -0.2) is 15.0 Å². The smallest absolute Gasteiger partial charge is 0.135 e. The van der Waals surface area contributed by atoms with Crippen LogP contribution in [-0.2, 0) is 7.05 Å². The topological polar surface area (TPSA) is 55.6 Å². The number of nitrogens with zero attached hydrogens (tertiary/aromatic N) is 4. The molecule has 0 spiro atoms. The van der Waals surface area contributed by atoms with E-state index in [1.54, 1.807) is 0 Å². The number of aromatic nitrogens is 4. The first-order valence-corrected chi connectivity index (χ1v) is 7.24. The summed E-state index contributed by atoms with van der Waals surface area (Å²) in [5.41, 5.74) is 2.09. The molecule has 0 fully saturated rings. The molecule has 3 aromatic rings. The van der Waals surface area contributed by atoms with Crippen LogP contribution in [0.5, 0.6) is 0 Å². The van der Waals surface area contributed by atoms with Gasteiger partial charge in [-0.3, -0.25) is 0 Å². The fourth-order valence-corrected chi connectivity index (χ4v) is 2.54. The third kappa shape index (κ3) is 2.98. The zero-order valence-corrected chi connectivity index (χ0v) is 13.0. The summed E-state index contributed by atoms with van der Waals surface area (Å²) in [7, 11) is 2.00. The summed E-state index contributed by atoms with van der Waals surface area (Å²) in [5.74, 6) is 2.51. The Labute approximate surface area is 130 Å². The Bertz CT molecular complexity index is 743. The highest BCUT2D eigenvalue weighted by atomic mass is 15.1. The second-order valence-electron chi connectivity index (χ2n) is 5.33. The van der Waals surface area contributed by atoms with Crippen molar-refractivity contribution < 1.29 is 0 Å². The van der Waals surface area contributed by atoms with Gasteiger partial charge in [-0.2, -0.15) is 0 Å². The lowest BCUT2D eigenvalue weighted by Crippen LogP contribution is -2.17. The third-order valence-corrected chi connectivity index (χ3v) is 3.51. The molecule has 0 aliphatic carbocycles. The highest BCUT2D eigenvalue weighted by Gasteiger charge is 2.18. The largest absolute Gasteiger partial charge is 0.356 e. The van der Waals surface area contributed by atoms with Crippen LogP contribution in [-0.4, -0.2) is 19.5 Å². The van der Waals surface area contributed by atoms with Crippen molar-refractivity contribution in [1.29, 1.82) is 0 Å². The summed E-state index contributed by atoms with van der Waals surface area (Å²) in [4.78, 5) is 13.3. The Balaban J connectivity index is 2.01. The lowest BCUT2D eigenvalue weighted by molar-refractivity contribution is 0.744. The second-order valence-corrected chi connectivity index (χ2v) is 5.33. The minimum atomic E-state index is -0.0603. The Kier molecular flexibility index (Phi) is 3.87. The molecule has 3 rings (SSSR count). The molecule has 112 valence electrons. The molecule has 5 heteroatoms. The van der Waals surface area contributed by atoms with Crippen LogP contribution in [0.3, 0.4) is 0 Å². The number of imidazole rings is 1. The molecular formula is C17H19N5. The molecule has 2 heterocycles. The molecule has 1 atom stereocenters. The van der Waals surface area contributed by atoms with Gasteiger partial charge in [-0.1, -0.05) is 30.3 Å². The van der Waals surface area contributed by atoms with E-state index < -0.39 is 0 Å². The van der Waals surface area contributed by atoms with Gasteiger partial charge >= 0.3 is 0 Å². The van der Waals surface area contributed by atoms with E-state index in [4.69, 9.17) is 0 Å². The average Bonchev–Trinajstić information content (AvgIpc) is 2.91. The number of benzene rings is 1. The molecule has 0 radical (unpaired) electrons. The Morgan fingerprint density at radius 2 is 1.86 bits per heavy atom. The van der Waals surface area contributed by atoms with Gasteiger partial charge in [0.25, 0.3) is 0 Å². The van der Waals surface area contributed by atoms with Crippen LogP contribution in [0.15, 0.2) is 48.8 Å². The van der Waals surface area contributed by atoms with Crippen LogP contribution < -0.4 is 5.32 Å². The lowest BCUT2D eigenvalue weighted by Gasteiger charge is -2.20. The van der Waals surface area contributed by atoms with E-state index in [0.29, 0.717) is 0 Å². The summed E-state index contributed by atoms with van der Waals surface area (Å²) in [6.45, 7) is 3.87. The zero-order chi connectivity index (χ0) is 15.5. The van der Waals surface area contributed by atoms with Gasteiger partial charge in [0.1, 0.15) is 23.5 Å². The number of anilines is 1. The summed E-state index contributed by atoms with van der Waals surface area (Å²) in [5, 5.41) is 3.49. The van der Waals surface area contributed by atoms with Crippen LogP contribution in [0.1, 0.15) is 28.9 Å². The zero-order valence-electron chi connectivity index (χ0n) is 13.0. The van der Waals surface area contributed by atoms with E-state index in [-0.39, 0.29) is 6.04 Å². The van der Waals surface area contributed by atoms with E-state index in [1.807, 2.05) is 62.1 Å². The quantitative estimate of drug-likeness (QED) is 0.803. The first kappa shape index (κ1) is 14.3. The molecule has 0 aliphatic heterocycles. The van der Waals surface area contributed by atoms with E-state index in [2.05, 4.69) is 32.4 Å². The molecule has 1 aromatic carbocycles. The van der Waals surface area contributed by atoms with Crippen molar-refractivity contribution >= 4 is 5.82 Å². The SMILES string of the molecule is Cc1cc(NC(c2ccccc2)c2nccn2C)nc(C)n1. The standard InChI is InChI=1S/C17H19N5/c1-12-11-15(20-13(2)19-12)21-16(14-7-5-4-6-8-14)17-18-9-10-22(17)3/h4-11,16H,1-3H3,(H,19,20,21). The van der Waals surface area contributed by atoms with Crippen LogP contribution in [0, 0.1) is 13.8 Å². The average molecular weight is 293 g/mol. The predicted octanol–water partition coefficient (Wildman–Crippen LogP) is 3.03. The molecular weight excluding hydrogens is 274 g/mol. The van der Waals surface area contributed by atoms with E-state index in [9.17, 15) is 0 Å². The highest BCUT2D eigenvalue weighted by Crippen LogP contribution is 2.24. The molecule has 0 saturated carbocycles. The van der Waals surface area contributed by atoms with Crippen molar-refractivity contribution in [2.24, 2.45) is 7.05 Å². The minimum absolute atomic E-state index is 0.0603. The predicted molar refractivity (Wildman–Crippen MR) is 86.6 cm³/mol. The molecule has 22 heavy (non-hydrogen) atoms. The number of rotatable bonds is 4. The normalized spacial score (nSPS) is 12.1. The van der Waals surface area contributed by atoms with Crippen molar-refractivity contribution in [3.63, 3.8) is 0 Å². The molecule has 2 aromatic heterocycles. The van der Waals surface area contributed by atoms with E-state index in [0.717, 1.165) is 28.7 Å². The Hall–Kier alpha value is -2.69. The Morgan fingerprint density at radius 1 is 1.09 bits per heavy atom. The molecule has 0 amide bonds. The Morgan fingerprint density at radius 3 is 2.50 bits per heavy atom. The van der Waals surface area contributed by atoms with Gasteiger partial charge < -0.3 is 9.88 Å². The van der Waals surface area contributed by atoms with Crippen LogP contribution >= 0.6 is 0 Å². The van der Waals surface area contributed by atoms with E-state index in [1.165, 1.54) is 0 Å². The number of nitrogens with one attached hydrogen (secondary N) is 1. The molecule has 1 unspecified atom stereocenters. The van der Waals surface area contributed by atoms with Crippen molar-refractivity contribution in [3.05, 3.63) is 71.7 Å². The van der Waals surface area contributed by atoms with Crippen LogP contribution in [0.25, 0.3) is 0 Å². The number of hydrogen-bond donors (Lipinski definition) is 1. The maximum absolute atomic E-state index is 4.49. The summed E-state index contributed by atoms with van der Waals surface area (Å²) in [6.07, 6.45) is 3.76. The monoisotopic (exact) mass is 293 g/mol. The fraction of sp³-hybridized carbons (Fsp3) is 0.235. The van der Waals surface area contributed by atoms with E-state index >= 15 is 0 Å². The molecule has 0 saturated heterocycles. The molecule has 1 N–H and O–H groups in total. The van der Waals surface area contributed by atoms with Gasteiger partial charge in [0.15, 0.2) is 0 Å². The third-order valence-electron chi connectivity index (χ3n) is 3.51. The van der Waals surface area contributed by atoms with Crippen molar-refractivity contribution in [3.8, 4) is 0 Å². The van der Waals surface area contributed by atoms with Gasteiger partial charge in [-0.15, -0.1) is 0 Å². The van der Waals surface area contributed by atoms with Crippen molar-refractivity contribution in [1.82, 2.24) is 19.5 Å². The van der Waals surface area contributed by atoms with Gasteiger partial charge in [0.05, 0.1) is 0 Å². The molecule has 0 bridgehead atoms. The lowest BCUT2D eigenvalue weighted by atomic mass is 10.1. The summed E-state index contributed by atoms with van der Waals surface area (Å²) < 4.78 is 2.02. The summed E-state index contributed by atoms with van der Waals surface area (Å²) >= 11 is 0. The second kappa shape index (κ2) is 5.97. The first-order chi connectivity index (χ1) is 10.6. The number of aryl methyl sites for hydroxylation is 3. The van der Waals surface area contributed by atoms with Crippen LogP contribution in [0.4, 0.5) is 5.82 Å². The van der Waals surface area contributed by atoms with Gasteiger partial charge in [-0.05, 0) is 19.4 Å². The maximum atomic E-state index is 4.49. The molecule has 5 nitrogen and oxygen atoms in total. The minimum Gasteiger partial charge on any atom is -0.356 e. The summed E-state index contributed by atoms with van der Waals surface area (Å²) in [6, 6.07) is 12.1. The maximum Gasteiger partial charge on any atom is 0.135 e. The first-order valence-electron chi connectivity index (χ1n) is 7.24. The van der Waals surface area contributed by atoms with Gasteiger partial charge in [0.2, 0.25) is 0 Å². The van der Waals surface area contributed by atoms with Crippen LogP contribution in [0.2, 0.25) is 0 Å². The fourth-order valence-electron chi connectivity index (χ4n) is 2.54. The highest BCUT2D eigenvalue weighted by molar-refractivity contribution is 5.42. The number of hydrogen-bond acceptors (Lipinski definition) is 4. The van der Waals surface area contributed by atoms with Gasteiger partial charge in [0, 0.05) is 31.2 Å². The molecule has 0 aliphatic rings. The van der Waals surface area contributed by atoms with Crippen molar-refractivity contribution in [2.75, 3.05) is 5.32 Å².